The summed E-state index contributed by atoms with van der Waals surface area (Å²) in [4.78, 5) is 14.8. The summed E-state index contributed by atoms with van der Waals surface area (Å²) in [5, 5.41) is 12.9. The van der Waals surface area contributed by atoms with Gasteiger partial charge in [-0.2, -0.15) is 5.10 Å². The number of carboxylic acids is 1. The van der Waals surface area contributed by atoms with Gasteiger partial charge in [0.1, 0.15) is 6.04 Å². The van der Waals surface area contributed by atoms with Crippen molar-refractivity contribution in [2.45, 2.75) is 13.0 Å². The molecule has 0 saturated heterocycles. The Kier molecular flexibility index (Phi) is 2.68. The number of aliphatic carboxylic acids is 1. The summed E-state index contributed by atoms with van der Waals surface area (Å²) in [5.41, 5.74) is 1.78. The third-order valence-corrected chi connectivity index (χ3v) is 2.35. The quantitative estimate of drug-likeness (QED) is 0.847. The molecule has 0 fully saturated rings. The summed E-state index contributed by atoms with van der Waals surface area (Å²) in [6.07, 6.45) is 6.74. The van der Waals surface area contributed by atoms with Crippen LogP contribution in [0.15, 0.2) is 36.9 Å². The molecule has 0 aliphatic heterocycles. The van der Waals surface area contributed by atoms with Crippen LogP contribution in [-0.2, 0) is 4.79 Å². The molecule has 0 aromatic carbocycles. The summed E-state index contributed by atoms with van der Waals surface area (Å²) in [5.74, 6) is -0.902. The maximum absolute atomic E-state index is 10.8. The van der Waals surface area contributed by atoms with Gasteiger partial charge in [-0.25, -0.2) is 4.79 Å². The Morgan fingerprint density at radius 1 is 1.44 bits per heavy atom. The molecule has 2 rings (SSSR count). The van der Waals surface area contributed by atoms with Gasteiger partial charge in [0, 0.05) is 29.7 Å². The monoisotopic (exact) mass is 217 g/mol. The number of pyridine rings is 1. The Morgan fingerprint density at radius 2 is 2.25 bits per heavy atom. The summed E-state index contributed by atoms with van der Waals surface area (Å²) >= 11 is 0. The van der Waals surface area contributed by atoms with Gasteiger partial charge in [-0.1, -0.05) is 6.07 Å². The maximum atomic E-state index is 10.8. The summed E-state index contributed by atoms with van der Waals surface area (Å²) in [6, 6.07) is 3.07. The van der Waals surface area contributed by atoms with Gasteiger partial charge in [0.05, 0.1) is 6.20 Å². The predicted molar refractivity (Wildman–Crippen MR) is 57.8 cm³/mol. The molecule has 82 valence electrons. The molecule has 5 nitrogen and oxygen atoms in total. The molecule has 0 aliphatic carbocycles. The summed E-state index contributed by atoms with van der Waals surface area (Å²) in [7, 11) is 0. The van der Waals surface area contributed by atoms with Gasteiger partial charge >= 0.3 is 5.97 Å². The molecular formula is C11H11N3O2. The lowest BCUT2D eigenvalue weighted by molar-refractivity contribution is -0.140. The number of nitrogens with zero attached hydrogens (tertiary/aromatic N) is 3. The van der Waals surface area contributed by atoms with Crippen LogP contribution in [0.2, 0.25) is 0 Å². The number of carboxylic acid groups (broad SMARTS) is 1. The Bertz CT molecular complexity index is 493. The molecule has 2 aromatic heterocycles. The van der Waals surface area contributed by atoms with Crippen molar-refractivity contribution < 1.29 is 9.90 Å². The van der Waals surface area contributed by atoms with E-state index in [1.54, 1.807) is 31.7 Å². The van der Waals surface area contributed by atoms with Crippen LogP contribution in [0.4, 0.5) is 0 Å². The van der Waals surface area contributed by atoms with Crippen LogP contribution in [0.3, 0.4) is 0 Å². The molecule has 1 N–H and O–H groups in total. The topological polar surface area (TPSA) is 68.0 Å². The molecule has 0 saturated carbocycles. The van der Waals surface area contributed by atoms with E-state index in [0.29, 0.717) is 0 Å². The smallest absolute Gasteiger partial charge is 0.328 e. The van der Waals surface area contributed by atoms with Crippen molar-refractivity contribution in [3.8, 4) is 11.1 Å². The number of hydrogen-bond donors (Lipinski definition) is 1. The van der Waals surface area contributed by atoms with Crippen molar-refractivity contribution in [2.75, 3.05) is 0 Å². The second-order valence-electron chi connectivity index (χ2n) is 3.46. The van der Waals surface area contributed by atoms with Gasteiger partial charge in [0.2, 0.25) is 0 Å². The van der Waals surface area contributed by atoms with E-state index in [-0.39, 0.29) is 0 Å². The van der Waals surface area contributed by atoms with Crippen molar-refractivity contribution in [1.29, 1.82) is 0 Å². The normalized spacial score (nSPS) is 12.3. The van der Waals surface area contributed by atoms with E-state index >= 15 is 0 Å². The zero-order valence-electron chi connectivity index (χ0n) is 8.74. The molecule has 2 aromatic rings. The van der Waals surface area contributed by atoms with Crippen LogP contribution in [0.1, 0.15) is 13.0 Å². The number of aromatic nitrogens is 3. The first-order chi connectivity index (χ1) is 7.68. The molecule has 1 atom stereocenters. The van der Waals surface area contributed by atoms with Gasteiger partial charge in [-0.05, 0) is 13.0 Å². The lowest BCUT2D eigenvalue weighted by Gasteiger charge is -2.04. The van der Waals surface area contributed by atoms with Crippen molar-refractivity contribution >= 4 is 5.97 Å². The van der Waals surface area contributed by atoms with Crippen LogP contribution < -0.4 is 0 Å². The van der Waals surface area contributed by atoms with E-state index in [9.17, 15) is 4.79 Å². The van der Waals surface area contributed by atoms with Gasteiger partial charge in [-0.15, -0.1) is 0 Å². The molecule has 0 bridgehead atoms. The first-order valence-electron chi connectivity index (χ1n) is 4.86. The summed E-state index contributed by atoms with van der Waals surface area (Å²) < 4.78 is 1.42. The van der Waals surface area contributed by atoms with Crippen molar-refractivity contribution in [3.63, 3.8) is 0 Å². The Labute approximate surface area is 92.4 Å². The van der Waals surface area contributed by atoms with Crippen LogP contribution in [-0.4, -0.2) is 25.8 Å². The van der Waals surface area contributed by atoms with E-state index in [0.717, 1.165) is 11.1 Å². The zero-order chi connectivity index (χ0) is 11.5. The number of carbonyl (C=O) groups is 1. The average molecular weight is 217 g/mol. The highest BCUT2D eigenvalue weighted by molar-refractivity contribution is 5.71. The molecule has 0 aliphatic rings. The van der Waals surface area contributed by atoms with Crippen molar-refractivity contribution in [2.24, 2.45) is 0 Å². The van der Waals surface area contributed by atoms with Crippen LogP contribution in [0.5, 0.6) is 0 Å². The fraction of sp³-hybridized carbons (Fsp3) is 0.182. The zero-order valence-corrected chi connectivity index (χ0v) is 8.74. The van der Waals surface area contributed by atoms with E-state index in [2.05, 4.69) is 10.1 Å². The Hall–Kier alpha value is -2.17. The standard InChI is InChI=1S/C11H11N3O2/c1-8(11(15)16)14-7-10(6-13-14)9-3-2-4-12-5-9/h2-8H,1H3,(H,15,16)/t8-/m0/s1. The van der Waals surface area contributed by atoms with E-state index < -0.39 is 12.0 Å². The van der Waals surface area contributed by atoms with Gasteiger partial charge in [-0.3, -0.25) is 9.67 Å². The first-order valence-corrected chi connectivity index (χ1v) is 4.86. The molecule has 0 spiro atoms. The van der Waals surface area contributed by atoms with Crippen molar-refractivity contribution in [1.82, 2.24) is 14.8 Å². The molecule has 2 heterocycles. The predicted octanol–water partition coefficient (Wildman–Crippen LogP) is 1.59. The second kappa shape index (κ2) is 4.14. The highest BCUT2D eigenvalue weighted by atomic mass is 16.4. The Morgan fingerprint density at radius 3 is 2.88 bits per heavy atom. The van der Waals surface area contributed by atoms with Gasteiger partial charge < -0.3 is 5.11 Å². The van der Waals surface area contributed by atoms with Crippen LogP contribution in [0.25, 0.3) is 11.1 Å². The number of hydrogen-bond acceptors (Lipinski definition) is 3. The fourth-order valence-electron chi connectivity index (χ4n) is 1.35. The van der Waals surface area contributed by atoms with Gasteiger partial charge in [0.15, 0.2) is 0 Å². The highest BCUT2D eigenvalue weighted by Crippen LogP contribution is 2.18. The van der Waals surface area contributed by atoms with E-state index in [1.807, 2.05) is 12.1 Å². The number of rotatable bonds is 3. The molecule has 0 radical (unpaired) electrons. The maximum Gasteiger partial charge on any atom is 0.328 e. The first kappa shape index (κ1) is 10.4. The lowest BCUT2D eigenvalue weighted by atomic mass is 10.2. The largest absolute Gasteiger partial charge is 0.480 e. The summed E-state index contributed by atoms with van der Waals surface area (Å²) in [6.45, 7) is 1.59. The molecule has 16 heavy (non-hydrogen) atoms. The SMILES string of the molecule is C[C@@H](C(=O)O)n1cc(-c2cccnc2)cn1. The Balaban J connectivity index is 2.30. The fourth-order valence-corrected chi connectivity index (χ4v) is 1.35. The van der Waals surface area contributed by atoms with Crippen LogP contribution >= 0.6 is 0 Å². The van der Waals surface area contributed by atoms with E-state index in [1.165, 1.54) is 4.68 Å². The molecule has 5 heteroatoms. The third-order valence-electron chi connectivity index (χ3n) is 2.35. The highest BCUT2D eigenvalue weighted by Gasteiger charge is 2.14. The minimum Gasteiger partial charge on any atom is -0.480 e. The van der Waals surface area contributed by atoms with Crippen molar-refractivity contribution in [3.05, 3.63) is 36.9 Å². The minimum absolute atomic E-state index is 0.662. The minimum atomic E-state index is -0.902. The van der Waals surface area contributed by atoms with E-state index in [4.69, 9.17) is 5.11 Å². The molecule has 0 amide bonds. The lowest BCUT2D eigenvalue weighted by Crippen LogP contribution is -2.15. The van der Waals surface area contributed by atoms with Gasteiger partial charge in [0.25, 0.3) is 0 Å². The average Bonchev–Trinajstić information content (AvgIpc) is 2.78. The van der Waals surface area contributed by atoms with Crippen LogP contribution in [0, 0.1) is 0 Å². The molecule has 0 unspecified atom stereocenters. The third kappa shape index (κ3) is 1.93. The molecular weight excluding hydrogens is 206 g/mol. The second-order valence-corrected chi connectivity index (χ2v) is 3.46.